The second-order valence-electron chi connectivity index (χ2n) is 4.79. The van der Waals surface area contributed by atoms with Crippen molar-refractivity contribution < 1.29 is 0 Å². The van der Waals surface area contributed by atoms with Gasteiger partial charge in [0.25, 0.3) is 0 Å². The summed E-state index contributed by atoms with van der Waals surface area (Å²) in [5, 5.41) is 3.43. The molecule has 1 radical (unpaired) electrons. The van der Waals surface area contributed by atoms with Crippen LogP contribution >= 0.6 is 0 Å². The third-order valence-corrected chi connectivity index (χ3v) is 2.44. The molecule has 0 bridgehead atoms. The van der Waals surface area contributed by atoms with Crippen molar-refractivity contribution in [3.63, 3.8) is 0 Å². The van der Waals surface area contributed by atoms with Crippen LogP contribution in [0.5, 0.6) is 0 Å². The van der Waals surface area contributed by atoms with Crippen molar-refractivity contribution in [3.8, 4) is 0 Å². The molecule has 77 valence electrons. The summed E-state index contributed by atoms with van der Waals surface area (Å²) >= 11 is 0. The van der Waals surface area contributed by atoms with Gasteiger partial charge in [-0.05, 0) is 17.9 Å². The third kappa shape index (κ3) is 3.51. The highest BCUT2D eigenvalue weighted by Gasteiger charge is 2.18. The van der Waals surface area contributed by atoms with Crippen LogP contribution in [0, 0.1) is 12.3 Å². The first-order valence-electron chi connectivity index (χ1n) is 5.10. The van der Waals surface area contributed by atoms with E-state index >= 15 is 0 Å². The van der Waals surface area contributed by atoms with E-state index in [4.69, 9.17) is 0 Å². The molecular formula is C13H20N. The van der Waals surface area contributed by atoms with Crippen LogP contribution in [-0.2, 0) is 6.54 Å². The third-order valence-electron chi connectivity index (χ3n) is 2.44. The summed E-state index contributed by atoms with van der Waals surface area (Å²) < 4.78 is 0. The number of hydrogen-bond acceptors (Lipinski definition) is 1. The average molecular weight is 190 g/mol. The zero-order valence-electron chi connectivity index (χ0n) is 9.38. The van der Waals surface area contributed by atoms with Crippen LogP contribution in [0.3, 0.4) is 0 Å². The Morgan fingerprint density at radius 1 is 1.21 bits per heavy atom. The van der Waals surface area contributed by atoms with Crippen LogP contribution in [0.15, 0.2) is 30.3 Å². The lowest BCUT2D eigenvalue weighted by molar-refractivity contribution is 0.310. The molecule has 14 heavy (non-hydrogen) atoms. The van der Waals surface area contributed by atoms with Gasteiger partial charge in [0, 0.05) is 12.6 Å². The van der Waals surface area contributed by atoms with Gasteiger partial charge in [0.05, 0.1) is 0 Å². The van der Waals surface area contributed by atoms with Gasteiger partial charge in [0.2, 0.25) is 0 Å². The number of hydrogen-bond donors (Lipinski definition) is 1. The van der Waals surface area contributed by atoms with E-state index in [1.807, 2.05) is 6.07 Å². The summed E-state index contributed by atoms with van der Waals surface area (Å²) in [6.45, 7) is 11.6. The molecule has 1 nitrogen and oxygen atoms in total. The number of rotatable bonds is 3. The Hall–Kier alpha value is -0.820. The molecule has 1 aromatic carbocycles. The molecule has 0 amide bonds. The van der Waals surface area contributed by atoms with Crippen molar-refractivity contribution in [2.24, 2.45) is 5.41 Å². The van der Waals surface area contributed by atoms with Gasteiger partial charge < -0.3 is 5.32 Å². The van der Waals surface area contributed by atoms with Gasteiger partial charge in [-0.2, -0.15) is 0 Å². The first kappa shape index (κ1) is 11.3. The molecule has 0 aliphatic heterocycles. The molecule has 1 rings (SSSR count). The Morgan fingerprint density at radius 3 is 2.29 bits per heavy atom. The highest BCUT2D eigenvalue weighted by molar-refractivity contribution is 5.14. The minimum Gasteiger partial charge on any atom is -0.309 e. The van der Waals surface area contributed by atoms with E-state index in [1.54, 1.807) is 0 Å². The van der Waals surface area contributed by atoms with Crippen molar-refractivity contribution in [1.29, 1.82) is 0 Å². The first-order valence-corrected chi connectivity index (χ1v) is 5.10. The minimum absolute atomic E-state index is 0.217. The van der Waals surface area contributed by atoms with Crippen molar-refractivity contribution in [2.45, 2.75) is 33.4 Å². The molecule has 1 N–H and O–H groups in total. The standard InChI is InChI=1S/C13H20N/c1-11(13(2,3)4)14-10-12-8-6-5-7-9-12/h5-9,11,14H,1,10H2,2-4H3. The first-order chi connectivity index (χ1) is 6.50. The molecule has 0 aromatic heterocycles. The van der Waals surface area contributed by atoms with E-state index in [9.17, 15) is 0 Å². The maximum atomic E-state index is 4.11. The molecule has 1 aromatic rings. The summed E-state index contributed by atoms with van der Waals surface area (Å²) in [4.78, 5) is 0. The van der Waals surface area contributed by atoms with Crippen molar-refractivity contribution in [1.82, 2.24) is 5.32 Å². The van der Waals surface area contributed by atoms with Gasteiger partial charge in [0.1, 0.15) is 0 Å². The van der Waals surface area contributed by atoms with Gasteiger partial charge in [-0.15, -0.1) is 0 Å². The van der Waals surface area contributed by atoms with Gasteiger partial charge >= 0.3 is 0 Å². The highest BCUT2D eigenvalue weighted by atomic mass is 14.9. The highest BCUT2D eigenvalue weighted by Crippen LogP contribution is 2.18. The minimum atomic E-state index is 0.217. The Bertz CT molecular complexity index is 258. The molecule has 1 heteroatoms. The molecule has 0 aliphatic carbocycles. The van der Waals surface area contributed by atoms with Crippen molar-refractivity contribution in [3.05, 3.63) is 42.8 Å². The Balaban J connectivity index is 2.42. The largest absolute Gasteiger partial charge is 0.309 e. The quantitative estimate of drug-likeness (QED) is 0.772. The molecule has 0 heterocycles. The van der Waals surface area contributed by atoms with Crippen LogP contribution < -0.4 is 5.32 Å². The van der Waals surface area contributed by atoms with E-state index in [0.29, 0.717) is 0 Å². The zero-order valence-corrected chi connectivity index (χ0v) is 9.38. The van der Waals surface area contributed by atoms with Crippen molar-refractivity contribution >= 4 is 0 Å². The summed E-state index contributed by atoms with van der Waals surface area (Å²) in [6, 6.07) is 10.7. The topological polar surface area (TPSA) is 12.0 Å². The van der Waals surface area contributed by atoms with Gasteiger partial charge in [-0.3, -0.25) is 0 Å². The van der Waals surface area contributed by atoms with Crippen LogP contribution in [0.1, 0.15) is 26.3 Å². The summed E-state index contributed by atoms with van der Waals surface area (Å²) in [6.07, 6.45) is 0. The summed E-state index contributed by atoms with van der Waals surface area (Å²) in [7, 11) is 0. The van der Waals surface area contributed by atoms with E-state index in [2.05, 4.69) is 57.3 Å². The fourth-order valence-corrected chi connectivity index (χ4v) is 1.14. The van der Waals surface area contributed by atoms with Crippen LogP contribution in [0.25, 0.3) is 0 Å². The van der Waals surface area contributed by atoms with E-state index in [1.165, 1.54) is 5.56 Å². The fourth-order valence-electron chi connectivity index (χ4n) is 1.14. The molecular weight excluding hydrogens is 170 g/mol. The van der Waals surface area contributed by atoms with Crippen LogP contribution in [0.2, 0.25) is 0 Å². The molecule has 0 spiro atoms. The second kappa shape index (κ2) is 4.61. The molecule has 1 atom stereocenters. The number of benzene rings is 1. The van der Waals surface area contributed by atoms with E-state index in [0.717, 1.165) is 6.54 Å². The molecule has 1 unspecified atom stereocenters. The zero-order chi connectivity index (χ0) is 10.6. The van der Waals surface area contributed by atoms with E-state index < -0.39 is 0 Å². The van der Waals surface area contributed by atoms with Gasteiger partial charge in [0.15, 0.2) is 0 Å². The van der Waals surface area contributed by atoms with Crippen molar-refractivity contribution in [2.75, 3.05) is 0 Å². The van der Waals surface area contributed by atoms with Gasteiger partial charge in [-0.25, -0.2) is 0 Å². The lowest BCUT2D eigenvalue weighted by Crippen LogP contribution is -2.37. The second-order valence-corrected chi connectivity index (χ2v) is 4.79. The Kier molecular flexibility index (Phi) is 3.70. The van der Waals surface area contributed by atoms with Crippen LogP contribution in [0.4, 0.5) is 0 Å². The normalized spacial score (nSPS) is 14.0. The maximum Gasteiger partial charge on any atom is 0.0208 e. The monoisotopic (exact) mass is 190 g/mol. The fraction of sp³-hybridized carbons (Fsp3) is 0.462. The average Bonchev–Trinajstić information content (AvgIpc) is 2.14. The predicted octanol–water partition coefficient (Wildman–Crippen LogP) is 3.02. The van der Waals surface area contributed by atoms with Gasteiger partial charge in [-0.1, -0.05) is 51.1 Å². The molecule has 0 aliphatic rings. The predicted molar refractivity (Wildman–Crippen MR) is 61.9 cm³/mol. The molecule has 0 fully saturated rings. The van der Waals surface area contributed by atoms with Crippen LogP contribution in [-0.4, -0.2) is 6.04 Å². The Labute approximate surface area is 87.5 Å². The lowest BCUT2D eigenvalue weighted by atomic mass is 9.88. The summed E-state index contributed by atoms with van der Waals surface area (Å²) in [5.41, 5.74) is 1.53. The Morgan fingerprint density at radius 2 is 1.79 bits per heavy atom. The van der Waals surface area contributed by atoms with E-state index in [-0.39, 0.29) is 11.5 Å². The lowest BCUT2D eigenvalue weighted by Gasteiger charge is -2.28. The smallest absolute Gasteiger partial charge is 0.0208 e. The molecule has 0 saturated heterocycles. The summed E-state index contributed by atoms with van der Waals surface area (Å²) in [5.74, 6) is 0. The SMILES string of the molecule is [CH2]C(NCc1ccccc1)C(C)(C)C. The molecule has 0 saturated carbocycles. The number of nitrogens with one attached hydrogen (secondary N) is 1. The maximum absolute atomic E-state index is 4.11.